The van der Waals surface area contributed by atoms with Crippen LogP contribution in [0, 0.1) is 6.92 Å². The maximum atomic E-state index is 11.0. The number of unbranched alkanes of at least 4 members (excludes halogenated alkanes) is 1. The Labute approximate surface area is 173 Å². The average Bonchev–Trinajstić information content (AvgIpc) is 2.60. The zero-order valence-electron chi connectivity index (χ0n) is 17.3. The van der Waals surface area contributed by atoms with E-state index in [0.717, 1.165) is 24.3 Å². The van der Waals surface area contributed by atoms with Crippen LogP contribution in [0.25, 0.3) is 11.0 Å². The highest BCUT2D eigenvalue weighted by molar-refractivity contribution is 5.83. The molecule has 1 heterocycles. The Morgan fingerprint density at radius 2 is 1.73 bits per heavy atom. The summed E-state index contributed by atoms with van der Waals surface area (Å²) in [5.41, 5.74) is 12.5. The van der Waals surface area contributed by atoms with Gasteiger partial charge in [0.1, 0.15) is 11.6 Å². The lowest BCUT2D eigenvalue weighted by Gasteiger charge is -2.12. The van der Waals surface area contributed by atoms with Crippen molar-refractivity contribution in [1.82, 2.24) is 5.32 Å². The maximum Gasteiger partial charge on any atom is 0.336 e. The van der Waals surface area contributed by atoms with Crippen molar-refractivity contribution in [3.63, 3.8) is 0 Å². The first-order valence-corrected chi connectivity index (χ1v) is 9.17. The Bertz CT molecular complexity index is 905. The molecule has 1 atom stereocenters. The molecule has 10 heteroatoms. The molecule has 0 fully saturated rings. The van der Waals surface area contributed by atoms with Gasteiger partial charge in [-0.05, 0) is 50.4 Å². The van der Waals surface area contributed by atoms with Crippen molar-refractivity contribution in [3.8, 4) is 0 Å². The van der Waals surface area contributed by atoms with E-state index >= 15 is 0 Å². The normalized spacial score (nSPS) is 10.7. The number of fused-ring (bicyclic) bond motifs is 1. The third-order valence-electron chi connectivity index (χ3n) is 3.60. The summed E-state index contributed by atoms with van der Waals surface area (Å²) in [5, 5.41) is 19.4. The first kappa shape index (κ1) is 26.6. The number of aliphatic carboxylic acids is 2. The molecule has 10 nitrogen and oxygen atoms in total. The lowest BCUT2D eigenvalue weighted by molar-refractivity contribution is -0.141. The van der Waals surface area contributed by atoms with E-state index in [0.29, 0.717) is 30.7 Å². The van der Waals surface area contributed by atoms with Gasteiger partial charge in [0, 0.05) is 37.1 Å². The van der Waals surface area contributed by atoms with E-state index in [-0.39, 0.29) is 11.5 Å². The second-order valence-electron chi connectivity index (χ2n) is 6.40. The van der Waals surface area contributed by atoms with Crippen LogP contribution in [-0.4, -0.2) is 40.6 Å². The number of aryl methyl sites for hydroxylation is 1. The zero-order chi connectivity index (χ0) is 23.3. The van der Waals surface area contributed by atoms with Crippen molar-refractivity contribution in [2.75, 3.05) is 12.3 Å². The molecule has 0 saturated carbocycles. The number of nitrogens with two attached hydrogens (primary N) is 2. The molecule has 166 valence electrons. The van der Waals surface area contributed by atoms with Gasteiger partial charge in [-0.25, -0.2) is 9.59 Å². The van der Waals surface area contributed by atoms with Gasteiger partial charge in [-0.15, -0.1) is 0 Å². The summed E-state index contributed by atoms with van der Waals surface area (Å²) in [7, 11) is 0. The fraction of sp³-hybridized carbons (Fsp3) is 0.400. The van der Waals surface area contributed by atoms with E-state index in [4.69, 9.17) is 30.9 Å². The number of nitrogen functional groups attached to an aromatic ring is 1. The highest BCUT2D eigenvalue weighted by atomic mass is 16.4. The van der Waals surface area contributed by atoms with Gasteiger partial charge >= 0.3 is 11.6 Å². The van der Waals surface area contributed by atoms with Crippen molar-refractivity contribution in [1.29, 1.82) is 0 Å². The largest absolute Gasteiger partial charge is 0.481 e. The first-order valence-electron chi connectivity index (χ1n) is 9.17. The van der Waals surface area contributed by atoms with Crippen LogP contribution in [0.5, 0.6) is 0 Å². The lowest BCUT2D eigenvalue weighted by Crippen LogP contribution is -2.39. The van der Waals surface area contributed by atoms with Crippen LogP contribution >= 0.6 is 0 Å². The molecule has 0 bridgehead atoms. The predicted molar refractivity (Wildman–Crippen MR) is 113 cm³/mol. The fourth-order valence-electron chi connectivity index (χ4n) is 2.34. The Morgan fingerprint density at radius 1 is 1.13 bits per heavy atom. The second kappa shape index (κ2) is 13.7. The van der Waals surface area contributed by atoms with Gasteiger partial charge in [0.05, 0.1) is 0 Å². The van der Waals surface area contributed by atoms with Crippen LogP contribution in [-0.2, 0) is 14.4 Å². The van der Waals surface area contributed by atoms with Crippen molar-refractivity contribution in [3.05, 3.63) is 40.2 Å². The average molecular weight is 423 g/mol. The number of carbonyl (C=O) groups is 3. The van der Waals surface area contributed by atoms with Crippen LogP contribution in [0.4, 0.5) is 5.69 Å². The number of hydrogen-bond donors (Lipinski definition) is 5. The van der Waals surface area contributed by atoms with Gasteiger partial charge < -0.3 is 31.4 Å². The Hall–Kier alpha value is -3.40. The van der Waals surface area contributed by atoms with Crippen LogP contribution in [0.2, 0.25) is 0 Å². The SMILES string of the molecule is CC(=O)N[C@@H](CCCCN)C(=O)O.CC(=O)O.Cc1cc(=O)oc2cc(N)ccc12. The van der Waals surface area contributed by atoms with Crippen molar-refractivity contribution >= 4 is 34.5 Å². The third-order valence-corrected chi connectivity index (χ3v) is 3.60. The summed E-state index contributed by atoms with van der Waals surface area (Å²) in [6, 6.07) is 5.99. The third kappa shape index (κ3) is 11.4. The number of benzene rings is 1. The first-order chi connectivity index (χ1) is 14.0. The monoisotopic (exact) mass is 423 g/mol. The minimum Gasteiger partial charge on any atom is -0.481 e. The van der Waals surface area contributed by atoms with E-state index < -0.39 is 18.0 Å². The van der Waals surface area contributed by atoms with Gasteiger partial charge in [0.15, 0.2) is 0 Å². The predicted octanol–water partition coefficient (Wildman–Crippen LogP) is 1.48. The summed E-state index contributed by atoms with van der Waals surface area (Å²) < 4.78 is 4.99. The van der Waals surface area contributed by atoms with E-state index in [9.17, 15) is 14.4 Å². The number of carboxylic acid groups (broad SMARTS) is 2. The number of carbonyl (C=O) groups excluding carboxylic acids is 1. The fourth-order valence-corrected chi connectivity index (χ4v) is 2.34. The van der Waals surface area contributed by atoms with Gasteiger partial charge in [0.25, 0.3) is 5.97 Å². The molecule has 0 saturated heterocycles. The molecular formula is C20H29N3O7. The number of carboxylic acids is 2. The molecule has 2 aromatic rings. The van der Waals surface area contributed by atoms with Gasteiger partial charge in [-0.1, -0.05) is 0 Å². The molecular weight excluding hydrogens is 394 g/mol. The summed E-state index contributed by atoms with van der Waals surface area (Å²) >= 11 is 0. The lowest BCUT2D eigenvalue weighted by atomic mass is 10.1. The molecule has 1 aromatic carbocycles. The van der Waals surface area contributed by atoms with E-state index in [2.05, 4.69) is 5.32 Å². The standard InChI is InChI=1S/C10H9NO2.C8H16N2O3.C2H4O2/c1-6-4-10(12)13-9-5-7(11)2-3-8(6)9;1-6(11)10-7(8(12)13)4-2-3-5-9;1-2(3)4/h2-5H,11H2,1H3;7H,2-5,9H2,1H3,(H,10,11)(H,12,13);1H3,(H,3,4)/t;7-;/m.0./s1. The van der Waals surface area contributed by atoms with Gasteiger partial charge in [-0.3, -0.25) is 9.59 Å². The van der Waals surface area contributed by atoms with Crippen LogP contribution in [0.3, 0.4) is 0 Å². The Balaban J connectivity index is 0.000000477. The maximum absolute atomic E-state index is 11.0. The molecule has 7 N–H and O–H groups in total. The summed E-state index contributed by atoms with van der Waals surface area (Å²) in [4.78, 5) is 41.2. The van der Waals surface area contributed by atoms with Crippen molar-refractivity contribution < 1.29 is 29.0 Å². The highest BCUT2D eigenvalue weighted by Crippen LogP contribution is 2.18. The zero-order valence-corrected chi connectivity index (χ0v) is 17.3. The van der Waals surface area contributed by atoms with Gasteiger partial charge in [-0.2, -0.15) is 0 Å². The molecule has 0 aliphatic rings. The molecule has 0 unspecified atom stereocenters. The molecule has 1 amide bonds. The molecule has 2 rings (SSSR count). The summed E-state index contributed by atoms with van der Waals surface area (Å²) in [6.45, 7) is 4.81. The quantitative estimate of drug-likeness (QED) is 0.260. The molecule has 0 aliphatic heterocycles. The molecule has 1 aromatic heterocycles. The van der Waals surface area contributed by atoms with E-state index in [1.54, 1.807) is 12.1 Å². The van der Waals surface area contributed by atoms with E-state index in [1.807, 2.05) is 13.0 Å². The molecule has 0 spiro atoms. The van der Waals surface area contributed by atoms with Crippen LogP contribution in [0.15, 0.2) is 33.5 Å². The molecule has 0 aliphatic carbocycles. The molecule has 0 radical (unpaired) electrons. The minimum absolute atomic E-state index is 0.319. The summed E-state index contributed by atoms with van der Waals surface area (Å²) in [5.74, 6) is -2.15. The number of anilines is 1. The van der Waals surface area contributed by atoms with Gasteiger partial charge in [0.2, 0.25) is 5.91 Å². The molecule has 30 heavy (non-hydrogen) atoms. The van der Waals surface area contributed by atoms with Crippen LogP contribution < -0.4 is 22.4 Å². The number of nitrogens with one attached hydrogen (secondary N) is 1. The second-order valence-corrected chi connectivity index (χ2v) is 6.40. The topological polar surface area (TPSA) is 186 Å². The van der Waals surface area contributed by atoms with E-state index in [1.165, 1.54) is 13.0 Å². The summed E-state index contributed by atoms with van der Waals surface area (Å²) in [6.07, 6.45) is 1.93. The van der Waals surface area contributed by atoms with Crippen LogP contribution in [0.1, 0.15) is 38.7 Å². The number of amides is 1. The van der Waals surface area contributed by atoms with Crippen molar-refractivity contribution in [2.24, 2.45) is 5.73 Å². The smallest absolute Gasteiger partial charge is 0.336 e. The minimum atomic E-state index is -0.993. The number of rotatable bonds is 6. The Morgan fingerprint density at radius 3 is 2.23 bits per heavy atom. The Kier molecular flexibility index (Phi) is 12.2. The number of hydrogen-bond acceptors (Lipinski definition) is 7. The van der Waals surface area contributed by atoms with Crippen molar-refractivity contribution in [2.45, 2.75) is 46.1 Å². The highest BCUT2D eigenvalue weighted by Gasteiger charge is 2.16.